The fourth-order valence-electron chi connectivity index (χ4n) is 20.6. The molecule has 0 bridgehead atoms. The lowest BCUT2D eigenvalue weighted by Gasteiger charge is -2.22. The van der Waals surface area contributed by atoms with E-state index in [1.54, 1.807) is 0 Å². The summed E-state index contributed by atoms with van der Waals surface area (Å²) in [5.41, 5.74) is 29.3. The van der Waals surface area contributed by atoms with Crippen LogP contribution < -0.4 is 0 Å². The number of hydrogen-bond acceptors (Lipinski definition) is 2. The minimum absolute atomic E-state index is 0.161. The zero-order valence-corrected chi connectivity index (χ0v) is 64.2. The molecule has 112 heavy (non-hydrogen) atoms. The van der Waals surface area contributed by atoms with Gasteiger partial charge >= 0.3 is 0 Å². The first-order valence-electron chi connectivity index (χ1n) is 39.5. The van der Waals surface area contributed by atoms with Crippen molar-refractivity contribution >= 4 is 145 Å². The van der Waals surface area contributed by atoms with E-state index in [0.717, 1.165) is 12.8 Å². The lowest BCUT2D eigenvalue weighted by Crippen LogP contribution is -2.15. The monoisotopic (exact) mass is 1460 g/mol. The largest absolute Gasteiger partial charge is 0.136 e. The van der Waals surface area contributed by atoms with Crippen molar-refractivity contribution in [1.82, 2.24) is 0 Å². The van der Waals surface area contributed by atoms with Gasteiger partial charge in [0.1, 0.15) is 0 Å². The quantitative estimate of drug-likeness (QED) is 0.140. The maximum Gasteiger partial charge on any atom is 0.0361 e. The first kappa shape index (κ1) is 64.0. The predicted molar refractivity (Wildman–Crippen MR) is 485 cm³/mol. The number of allylic oxidation sites excluding steroid dienone is 1. The minimum Gasteiger partial charge on any atom is -0.136 e. The Labute approximate surface area is 658 Å². The van der Waals surface area contributed by atoms with Gasteiger partial charge in [0.25, 0.3) is 0 Å². The standard InChI is InChI=1S/C110H72S2/c1-109(2)94-52-45-75-61-101-91(78-21-13-15-27-98(78)112-101)62-90(75)107(94)88-49-44-74(60-97(88)109)66-31-37-68(38-32-66)103-80-23-10-12-25-82(80)105(77-40-34-64-18-6-8-20-70(64)56-77)93-58-72(42-47-86(93)103)71-41-46-85-92(57-71)104(76-39-33-63-17-5-7-19-69(63)55-76)81-24-11-9-22-79(81)102(85)67-35-29-65(30-36-67)73-43-48-87-96(59-73)110(3,4)95-53-50-84-83(106(87)95)51-54-100-108(84)89-26-14-16-28-99(89)111-100/h5-13,15-25,27-62H,14,26H2,1-4H3. The van der Waals surface area contributed by atoms with E-state index in [1.165, 1.54) is 249 Å². The molecule has 19 aromatic carbocycles. The topological polar surface area (TPSA) is 0 Å². The lowest BCUT2D eigenvalue weighted by atomic mass is 9.81. The van der Waals surface area contributed by atoms with Crippen LogP contribution in [0.25, 0.3) is 223 Å². The summed E-state index contributed by atoms with van der Waals surface area (Å²) in [7, 11) is 0. The Balaban J connectivity index is 0.642. The van der Waals surface area contributed by atoms with Crippen LogP contribution in [0.15, 0.2) is 334 Å². The van der Waals surface area contributed by atoms with Crippen molar-refractivity contribution in [3.05, 3.63) is 366 Å². The fourth-order valence-corrected chi connectivity index (χ4v) is 22.9. The van der Waals surface area contributed by atoms with Gasteiger partial charge in [0, 0.05) is 46.0 Å². The Hall–Kier alpha value is -12.8. The summed E-state index contributed by atoms with van der Waals surface area (Å²) in [5, 5.41) is 24.3. The SMILES string of the molecule is CC1(C)c2cc(-c3ccc(-c4c5ccccc5c(-c5ccc6ccccc6c5)c5cc(-c6ccc7c(-c8ccc(-c9ccc%10c(c9)C(C)(C)c9ccc%11c(ccc%12sc%13c(c%12%11)CCC=C%13)c9-%10)cc8)c8ccccc8c(-c8ccc9ccccc9c8)c7c6)ccc45)cc3)ccc2-c2c1ccc1cc3sc4ccccc4c3cc21. The maximum atomic E-state index is 2.51. The number of thiophene rings is 2. The van der Waals surface area contributed by atoms with Gasteiger partial charge in [-0.3, -0.25) is 0 Å². The van der Waals surface area contributed by atoms with Crippen molar-refractivity contribution in [1.29, 1.82) is 0 Å². The average Bonchev–Trinajstić information content (AvgIpc) is 1.54. The highest BCUT2D eigenvalue weighted by Gasteiger charge is 2.39. The molecule has 3 aliphatic rings. The van der Waals surface area contributed by atoms with Crippen molar-refractivity contribution < 1.29 is 0 Å². The Morgan fingerprint density at radius 1 is 0.232 bits per heavy atom. The number of rotatable bonds is 7. The van der Waals surface area contributed by atoms with Crippen molar-refractivity contribution in [3.8, 4) is 100 Å². The zero-order valence-electron chi connectivity index (χ0n) is 62.6. The van der Waals surface area contributed by atoms with Crippen LogP contribution in [0.4, 0.5) is 0 Å². The summed E-state index contributed by atoms with van der Waals surface area (Å²) in [4.78, 5) is 1.43. The van der Waals surface area contributed by atoms with Crippen LogP contribution in [0.5, 0.6) is 0 Å². The summed E-state index contributed by atoms with van der Waals surface area (Å²) >= 11 is 3.84. The minimum atomic E-state index is -0.174. The van der Waals surface area contributed by atoms with Gasteiger partial charge in [-0.1, -0.05) is 301 Å². The molecule has 3 aliphatic carbocycles. The van der Waals surface area contributed by atoms with Crippen LogP contribution in [-0.4, -0.2) is 0 Å². The molecule has 0 spiro atoms. The summed E-state index contributed by atoms with van der Waals surface area (Å²) in [6.07, 6.45) is 6.91. The summed E-state index contributed by atoms with van der Waals surface area (Å²) in [6, 6.07) is 126. The highest BCUT2D eigenvalue weighted by atomic mass is 32.1. The van der Waals surface area contributed by atoms with Gasteiger partial charge in [0.15, 0.2) is 0 Å². The van der Waals surface area contributed by atoms with E-state index in [2.05, 4.69) is 367 Å². The van der Waals surface area contributed by atoms with E-state index in [4.69, 9.17) is 0 Å². The van der Waals surface area contributed by atoms with E-state index in [1.807, 2.05) is 22.7 Å². The molecule has 0 amide bonds. The first-order chi connectivity index (χ1) is 55.0. The summed E-state index contributed by atoms with van der Waals surface area (Å²) < 4.78 is 4.08. The van der Waals surface area contributed by atoms with Crippen molar-refractivity contribution in [2.45, 2.75) is 51.4 Å². The molecule has 24 rings (SSSR count). The fraction of sp³-hybridized carbons (Fsp3) is 0.0727. The van der Waals surface area contributed by atoms with Gasteiger partial charge in [0.2, 0.25) is 0 Å². The second-order valence-corrected chi connectivity index (χ2v) is 34.9. The summed E-state index contributed by atoms with van der Waals surface area (Å²) in [5.74, 6) is 0. The Morgan fingerprint density at radius 3 is 1.21 bits per heavy atom. The summed E-state index contributed by atoms with van der Waals surface area (Å²) in [6.45, 7) is 9.68. The van der Waals surface area contributed by atoms with E-state index in [-0.39, 0.29) is 10.8 Å². The Kier molecular flexibility index (Phi) is 13.6. The molecule has 0 unspecified atom stereocenters. The molecule has 21 aromatic rings. The van der Waals surface area contributed by atoms with Gasteiger partial charge < -0.3 is 0 Å². The number of hydrogen-bond donors (Lipinski definition) is 0. The Morgan fingerprint density at radius 2 is 0.643 bits per heavy atom. The number of aryl methyl sites for hydroxylation is 1. The molecule has 0 nitrogen and oxygen atoms in total. The predicted octanol–water partition coefficient (Wildman–Crippen LogP) is 31.7. The molecule has 0 fully saturated rings. The molecule has 2 heterocycles. The van der Waals surface area contributed by atoms with E-state index in [9.17, 15) is 0 Å². The van der Waals surface area contributed by atoms with Gasteiger partial charge in [-0.25, -0.2) is 0 Å². The molecule has 524 valence electrons. The van der Waals surface area contributed by atoms with Crippen molar-refractivity contribution in [2.24, 2.45) is 0 Å². The number of benzene rings is 19. The van der Waals surface area contributed by atoms with E-state index < -0.39 is 0 Å². The van der Waals surface area contributed by atoms with E-state index >= 15 is 0 Å². The molecule has 0 atom stereocenters. The van der Waals surface area contributed by atoms with Crippen LogP contribution in [-0.2, 0) is 17.3 Å². The van der Waals surface area contributed by atoms with Gasteiger partial charge in [0.05, 0.1) is 0 Å². The zero-order chi connectivity index (χ0) is 74.0. The highest BCUT2D eigenvalue weighted by Crippen LogP contribution is 2.57. The second-order valence-electron chi connectivity index (χ2n) is 32.7. The van der Waals surface area contributed by atoms with Crippen LogP contribution >= 0.6 is 22.7 Å². The van der Waals surface area contributed by atoms with Gasteiger partial charge in [-0.15, -0.1) is 22.7 Å². The van der Waals surface area contributed by atoms with Gasteiger partial charge in [-0.05, 0) is 294 Å². The van der Waals surface area contributed by atoms with E-state index in [0.29, 0.717) is 0 Å². The van der Waals surface area contributed by atoms with Crippen LogP contribution in [0, 0.1) is 0 Å². The molecule has 2 aromatic heterocycles. The molecular weight excluding hydrogens is 1390 g/mol. The second kappa shape index (κ2) is 23.8. The lowest BCUT2D eigenvalue weighted by molar-refractivity contribution is 0.661. The third kappa shape index (κ3) is 9.34. The molecule has 2 heteroatoms. The van der Waals surface area contributed by atoms with Crippen molar-refractivity contribution in [3.63, 3.8) is 0 Å². The molecule has 0 saturated heterocycles. The van der Waals surface area contributed by atoms with Crippen LogP contribution in [0.2, 0.25) is 0 Å². The third-order valence-electron chi connectivity index (χ3n) is 26.1. The highest BCUT2D eigenvalue weighted by molar-refractivity contribution is 7.26. The molecule has 0 aliphatic heterocycles. The first-order valence-corrected chi connectivity index (χ1v) is 41.2. The molecule has 0 radical (unpaired) electrons. The average molecular weight is 1460 g/mol. The molecule has 0 N–H and O–H groups in total. The third-order valence-corrected chi connectivity index (χ3v) is 28.4. The van der Waals surface area contributed by atoms with Crippen LogP contribution in [0.3, 0.4) is 0 Å². The number of fused-ring (bicyclic) bond motifs is 23. The van der Waals surface area contributed by atoms with Gasteiger partial charge in [-0.2, -0.15) is 0 Å². The maximum absolute atomic E-state index is 2.51. The Bertz CT molecular complexity index is 7780. The smallest absolute Gasteiger partial charge is 0.0361 e. The molecular formula is C110H72S2. The van der Waals surface area contributed by atoms with Crippen molar-refractivity contribution in [2.75, 3.05) is 0 Å². The van der Waals surface area contributed by atoms with Crippen LogP contribution in [0.1, 0.15) is 66.8 Å². The molecule has 0 saturated carbocycles. The normalized spacial score (nSPS) is 13.9.